The summed E-state index contributed by atoms with van der Waals surface area (Å²) in [4.78, 5) is 84.2. The van der Waals surface area contributed by atoms with E-state index in [0.29, 0.717) is 57.1 Å². The van der Waals surface area contributed by atoms with Crippen LogP contribution in [0.2, 0.25) is 0 Å². The second-order valence-electron chi connectivity index (χ2n) is 19.7. The summed E-state index contributed by atoms with van der Waals surface area (Å²) in [6.45, 7) is 17.9. The van der Waals surface area contributed by atoms with E-state index >= 15 is 0 Å². The zero-order valence-electron chi connectivity index (χ0n) is 40.3. The Balaban J connectivity index is 1.16. The molecular weight excluding hydrogens is 855 g/mol. The van der Waals surface area contributed by atoms with Gasteiger partial charge >= 0.3 is 12.0 Å². The standard InChI is InChI=1S/C49H65N11O7/c1-11-39(61)57-26-49(27-57)19-22-59(49)47(65)55(8)41(29(3)4)44(62)51-36-24-38-52-43(56(9)54-38)31-17-18-37-33(23-31)34(42(58(37)12-2)32-15-13-20-50-40(32)30(5)66-10)25-48(6,7)28-67-46(64)35-16-14-21-60(53-35)45(36)63/h11,13,15,17-18,20,23,29-30,35-36,41,53H,1,12,14,16,19,21-22,24-28H2,2-10H3,(H,51,62)/t30-,35?,36-,41-/m0/s1. The molecule has 0 saturated carbocycles. The van der Waals surface area contributed by atoms with E-state index < -0.39 is 46.9 Å². The van der Waals surface area contributed by atoms with Crippen molar-refractivity contribution < 1.29 is 33.4 Å². The highest BCUT2D eigenvalue weighted by molar-refractivity contribution is 5.96. The van der Waals surface area contributed by atoms with Crippen LogP contribution in [0.25, 0.3) is 33.5 Å². The molecule has 6 bridgehead atoms. The van der Waals surface area contributed by atoms with Crippen LogP contribution in [0.1, 0.15) is 84.0 Å². The van der Waals surface area contributed by atoms with E-state index in [1.165, 1.54) is 16.0 Å². The Morgan fingerprint density at radius 3 is 2.57 bits per heavy atom. The molecule has 1 unspecified atom stereocenters. The van der Waals surface area contributed by atoms with Crippen molar-refractivity contribution in [2.24, 2.45) is 18.4 Å². The van der Waals surface area contributed by atoms with Crippen LogP contribution in [0, 0.1) is 11.3 Å². The highest BCUT2D eigenvalue weighted by atomic mass is 16.5. The fourth-order valence-corrected chi connectivity index (χ4v) is 10.4. The first-order valence-corrected chi connectivity index (χ1v) is 23.4. The summed E-state index contributed by atoms with van der Waals surface area (Å²) in [7, 11) is 5.08. The Bertz CT molecular complexity index is 2590. The van der Waals surface area contributed by atoms with E-state index in [9.17, 15) is 24.0 Å². The summed E-state index contributed by atoms with van der Waals surface area (Å²) < 4.78 is 15.9. The number of esters is 1. The van der Waals surface area contributed by atoms with Crippen molar-refractivity contribution in [3.05, 3.63) is 66.3 Å². The number of cyclic esters (lactones) is 1. The number of aromatic nitrogens is 5. The monoisotopic (exact) mass is 920 g/mol. The summed E-state index contributed by atoms with van der Waals surface area (Å²) in [5.41, 5.74) is 7.80. The van der Waals surface area contributed by atoms with Crippen LogP contribution in [0.3, 0.4) is 0 Å². The molecule has 0 radical (unpaired) electrons. The van der Waals surface area contributed by atoms with E-state index in [0.717, 1.165) is 45.4 Å². The zero-order valence-corrected chi connectivity index (χ0v) is 40.3. The molecule has 3 aromatic heterocycles. The topological polar surface area (TPSA) is 189 Å². The average molecular weight is 920 g/mol. The van der Waals surface area contributed by atoms with Gasteiger partial charge in [0.25, 0.3) is 5.91 Å². The van der Waals surface area contributed by atoms with Crippen LogP contribution in [-0.2, 0) is 55.1 Å². The van der Waals surface area contributed by atoms with Crippen LogP contribution in [0.4, 0.5) is 4.79 Å². The van der Waals surface area contributed by atoms with E-state index in [4.69, 9.17) is 24.5 Å². The second-order valence-corrected chi connectivity index (χ2v) is 19.7. The van der Waals surface area contributed by atoms with Crippen LogP contribution in [0.15, 0.2) is 49.2 Å². The number of amides is 5. The first-order chi connectivity index (χ1) is 31.9. The summed E-state index contributed by atoms with van der Waals surface area (Å²) >= 11 is 0. The number of likely N-dealkylation sites (tertiary alicyclic amines) is 2. The van der Waals surface area contributed by atoms with Gasteiger partial charge in [0.15, 0.2) is 11.6 Å². The number of likely N-dealkylation sites (N-methyl/N-ethyl adjacent to an activating group) is 1. The lowest BCUT2D eigenvalue weighted by Gasteiger charge is -2.62. The predicted octanol–water partition coefficient (Wildman–Crippen LogP) is 4.42. The first-order valence-electron chi connectivity index (χ1n) is 23.4. The summed E-state index contributed by atoms with van der Waals surface area (Å²) in [6.07, 6.45) is 4.97. The minimum Gasteiger partial charge on any atom is -0.464 e. The Hall–Kier alpha value is -6.14. The number of pyridine rings is 1. The Morgan fingerprint density at radius 2 is 1.90 bits per heavy atom. The Morgan fingerprint density at radius 1 is 1.13 bits per heavy atom. The van der Waals surface area contributed by atoms with Crippen molar-refractivity contribution in [1.29, 1.82) is 0 Å². The number of hydrazine groups is 1. The van der Waals surface area contributed by atoms with E-state index in [-0.39, 0.29) is 43.5 Å². The smallest absolute Gasteiger partial charge is 0.324 e. The second kappa shape index (κ2) is 18.5. The molecule has 0 aliphatic carbocycles. The van der Waals surface area contributed by atoms with Crippen LogP contribution >= 0.6 is 0 Å². The number of carbonyl (C=O) groups excluding carboxylic acids is 5. The molecule has 3 fully saturated rings. The highest BCUT2D eigenvalue weighted by Gasteiger charge is 2.57. The Labute approximate surface area is 392 Å². The number of methoxy groups -OCH3 is 1. The maximum atomic E-state index is 14.7. The minimum atomic E-state index is -1.17. The number of aryl methyl sites for hydroxylation is 2. The van der Waals surface area contributed by atoms with Crippen LogP contribution in [-0.4, -0.2) is 144 Å². The molecule has 67 heavy (non-hydrogen) atoms. The molecule has 4 aliphatic heterocycles. The molecule has 358 valence electrons. The number of hydrogen-bond donors (Lipinski definition) is 2. The number of urea groups is 1. The van der Waals surface area contributed by atoms with Gasteiger partial charge in [-0.2, -0.15) is 5.10 Å². The van der Waals surface area contributed by atoms with Gasteiger partial charge in [0.1, 0.15) is 18.1 Å². The third-order valence-electron chi connectivity index (χ3n) is 14.1. The maximum absolute atomic E-state index is 14.7. The minimum absolute atomic E-state index is 0.0733. The third-order valence-corrected chi connectivity index (χ3v) is 14.1. The summed E-state index contributed by atoms with van der Waals surface area (Å²) in [5.74, 6) is -1.09. The lowest BCUT2D eigenvalue weighted by atomic mass is 9.77. The predicted molar refractivity (Wildman–Crippen MR) is 251 cm³/mol. The molecule has 2 N–H and O–H groups in total. The van der Waals surface area contributed by atoms with Gasteiger partial charge in [-0.25, -0.2) is 19.9 Å². The highest BCUT2D eigenvalue weighted by Crippen LogP contribution is 2.43. The molecule has 4 aromatic rings. The van der Waals surface area contributed by atoms with Crippen molar-refractivity contribution in [3.63, 3.8) is 0 Å². The number of hydrogen-bond acceptors (Lipinski definition) is 11. The zero-order chi connectivity index (χ0) is 48.1. The summed E-state index contributed by atoms with van der Waals surface area (Å²) in [6, 6.07) is 7.00. The Kier molecular flexibility index (Phi) is 13.1. The number of nitrogens with one attached hydrogen (secondary N) is 2. The van der Waals surface area contributed by atoms with Crippen molar-refractivity contribution in [2.45, 2.75) is 110 Å². The number of carbonyl (C=O) groups is 5. The van der Waals surface area contributed by atoms with Gasteiger partial charge in [0, 0.05) is 94.0 Å². The summed E-state index contributed by atoms with van der Waals surface area (Å²) in [5, 5.41) is 10.2. The normalized spacial score (nSPS) is 21.3. The molecular formula is C49H65N11O7. The van der Waals surface area contributed by atoms with Crippen LogP contribution < -0.4 is 10.7 Å². The molecule has 5 amide bonds. The van der Waals surface area contributed by atoms with Crippen molar-refractivity contribution in [3.8, 4) is 22.6 Å². The van der Waals surface area contributed by atoms with Gasteiger partial charge in [0.05, 0.1) is 29.6 Å². The molecule has 4 aliphatic rings. The quantitative estimate of drug-likeness (QED) is 0.179. The van der Waals surface area contributed by atoms with Crippen molar-refractivity contribution in [2.75, 3.05) is 46.9 Å². The molecule has 7 heterocycles. The van der Waals surface area contributed by atoms with Gasteiger partial charge in [-0.15, -0.1) is 0 Å². The largest absolute Gasteiger partial charge is 0.464 e. The molecule has 1 aromatic carbocycles. The molecule has 18 nitrogen and oxygen atoms in total. The van der Waals surface area contributed by atoms with Crippen molar-refractivity contribution in [1.82, 2.24) is 54.8 Å². The number of nitrogens with zero attached hydrogens (tertiary/aromatic N) is 9. The molecule has 3 saturated heterocycles. The maximum Gasteiger partial charge on any atom is 0.324 e. The van der Waals surface area contributed by atoms with E-state index in [2.05, 4.69) is 60.9 Å². The molecule has 8 rings (SSSR count). The molecule has 4 atom stereocenters. The van der Waals surface area contributed by atoms with E-state index in [1.807, 2.05) is 32.9 Å². The fourth-order valence-electron chi connectivity index (χ4n) is 10.4. The number of rotatable bonds is 9. The van der Waals surface area contributed by atoms with Gasteiger partial charge in [0.2, 0.25) is 11.8 Å². The third kappa shape index (κ3) is 8.81. The van der Waals surface area contributed by atoms with Gasteiger partial charge in [-0.3, -0.25) is 29.2 Å². The van der Waals surface area contributed by atoms with E-state index in [1.54, 1.807) is 41.9 Å². The number of benzene rings is 1. The SMILES string of the molecule is C=CC(=O)N1CC2(CCN2C(=O)N(C)[C@H](C(=O)N[C@H]2Cc3nc(n(C)n3)-c3ccc4c(c3)c(c(-c3cccnc3[C@H](C)OC)n4CC)CC(C)(C)COC(=O)C3CCCN(N3)C2=O)C(C)C)C1. The van der Waals surface area contributed by atoms with Gasteiger partial charge < -0.3 is 34.1 Å². The average Bonchev–Trinajstić information content (AvgIpc) is 3.80. The number of ether oxygens (including phenoxy) is 2. The van der Waals surface area contributed by atoms with Gasteiger partial charge in [-0.05, 0) is 87.4 Å². The fraction of sp³-hybridized carbons (Fsp3) is 0.551. The number of fused-ring (bicyclic) bond motifs is 6. The van der Waals surface area contributed by atoms with Crippen LogP contribution in [0.5, 0.6) is 0 Å². The molecule has 18 heteroatoms. The van der Waals surface area contributed by atoms with Crippen molar-refractivity contribution >= 4 is 40.6 Å². The lowest BCUT2D eigenvalue weighted by molar-refractivity contribution is -0.155. The first kappa shape index (κ1) is 47.4. The van der Waals surface area contributed by atoms with Gasteiger partial charge in [-0.1, -0.05) is 34.3 Å². The lowest BCUT2D eigenvalue weighted by Crippen LogP contribution is -2.79. The molecule has 1 spiro atoms.